The quantitative estimate of drug-likeness (QED) is 0.464. The molecule has 9 heteroatoms. The molecule has 0 N–H and O–H groups in total. The third kappa shape index (κ3) is 4.18. The average Bonchev–Trinajstić information content (AvgIpc) is 2.75. The molecule has 0 unspecified atom stereocenters. The summed E-state index contributed by atoms with van der Waals surface area (Å²) in [7, 11) is 0. The molecular weight excluding hydrogens is 414 g/mol. The van der Waals surface area contributed by atoms with Gasteiger partial charge in [-0.05, 0) is 62.3 Å². The van der Waals surface area contributed by atoms with Crippen molar-refractivity contribution in [1.82, 2.24) is 44.9 Å². The van der Waals surface area contributed by atoms with Crippen LogP contribution in [-0.4, -0.2) is 44.9 Å². The Kier molecular flexibility index (Phi) is 5.65. The van der Waals surface area contributed by atoms with Gasteiger partial charge in [-0.15, -0.1) is 0 Å². The molecule has 0 bridgehead atoms. The monoisotopic (exact) mass is 441 g/mol. The Bertz CT molecular complexity index is 1230. The van der Waals surface area contributed by atoms with E-state index in [9.17, 15) is 0 Å². The second kappa shape index (κ2) is 8.31. The minimum atomic E-state index is 0.418. The Hall–Kier alpha value is -3.75. The molecule has 0 fully saturated rings. The van der Waals surface area contributed by atoms with Crippen LogP contribution in [0.4, 0.5) is 0 Å². The second-order valence-corrected chi connectivity index (χ2v) is 8.29. The number of hydrogen-bond donors (Lipinski definition) is 0. The van der Waals surface area contributed by atoms with Gasteiger partial charge in [-0.3, -0.25) is 15.0 Å². The zero-order chi connectivity index (χ0) is 24.0. The number of hydrogen-bond acceptors (Lipinski definition) is 9. The van der Waals surface area contributed by atoms with Gasteiger partial charge in [0, 0.05) is 0 Å². The number of aryl methyl sites for hydroxylation is 9. The van der Waals surface area contributed by atoms with Crippen molar-refractivity contribution in [3.8, 4) is 34.6 Å². The van der Waals surface area contributed by atoms with Crippen molar-refractivity contribution >= 4 is 0 Å². The molecule has 4 rings (SSSR count). The highest BCUT2D eigenvalue weighted by atomic mass is 15.1. The third-order valence-electron chi connectivity index (χ3n) is 5.71. The summed E-state index contributed by atoms with van der Waals surface area (Å²) in [5.41, 5.74) is 9.12. The highest BCUT2D eigenvalue weighted by Crippen LogP contribution is 2.26. The van der Waals surface area contributed by atoms with Crippen LogP contribution in [0.15, 0.2) is 0 Å². The van der Waals surface area contributed by atoms with Crippen LogP contribution in [0.2, 0.25) is 0 Å². The van der Waals surface area contributed by atoms with Crippen molar-refractivity contribution in [3.63, 3.8) is 0 Å². The first-order valence-electron chi connectivity index (χ1n) is 10.8. The van der Waals surface area contributed by atoms with Crippen molar-refractivity contribution < 1.29 is 0 Å². The Morgan fingerprint density at radius 2 is 0.455 bits per heavy atom. The summed E-state index contributed by atoms with van der Waals surface area (Å²) in [6.07, 6.45) is 0. The van der Waals surface area contributed by atoms with Crippen molar-refractivity contribution in [3.05, 3.63) is 51.2 Å². The van der Waals surface area contributed by atoms with Crippen LogP contribution in [-0.2, 0) is 0 Å². The van der Waals surface area contributed by atoms with Gasteiger partial charge in [0.25, 0.3) is 0 Å². The summed E-state index contributed by atoms with van der Waals surface area (Å²) in [5.74, 6) is 1.26. The zero-order valence-corrected chi connectivity index (χ0v) is 20.5. The van der Waals surface area contributed by atoms with Gasteiger partial charge in [-0.1, -0.05) is 0 Å². The molecule has 4 aromatic heterocycles. The van der Waals surface area contributed by atoms with Crippen molar-refractivity contribution in [1.29, 1.82) is 0 Å². The van der Waals surface area contributed by atoms with Gasteiger partial charge in [-0.2, -0.15) is 0 Å². The molecule has 0 saturated heterocycles. The lowest BCUT2D eigenvalue weighted by atomic mass is 10.2. The van der Waals surface area contributed by atoms with Gasteiger partial charge in [0.15, 0.2) is 17.5 Å². The van der Waals surface area contributed by atoms with E-state index in [4.69, 9.17) is 29.9 Å². The maximum absolute atomic E-state index is 4.76. The molecule has 0 aliphatic carbocycles. The van der Waals surface area contributed by atoms with Crippen molar-refractivity contribution in [2.24, 2.45) is 0 Å². The first-order valence-corrected chi connectivity index (χ1v) is 10.8. The molecule has 33 heavy (non-hydrogen) atoms. The van der Waals surface area contributed by atoms with Gasteiger partial charge in [0.1, 0.15) is 17.1 Å². The third-order valence-corrected chi connectivity index (χ3v) is 5.71. The fourth-order valence-electron chi connectivity index (χ4n) is 3.47. The molecule has 0 radical (unpaired) electrons. The van der Waals surface area contributed by atoms with E-state index in [0.717, 1.165) is 51.2 Å². The second-order valence-electron chi connectivity index (χ2n) is 8.29. The van der Waals surface area contributed by atoms with Crippen LogP contribution >= 0.6 is 0 Å². The summed E-state index contributed by atoms with van der Waals surface area (Å²) >= 11 is 0. The molecule has 9 nitrogen and oxygen atoms in total. The van der Waals surface area contributed by atoms with E-state index in [1.54, 1.807) is 0 Å². The van der Waals surface area contributed by atoms with E-state index < -0.39 is 0 Å². The highest BCUT2D eigenvalue weighted by Gasteiger charge is 2.21. The van der Waals surface area contributed by atoms with Gasteiger partial charge in [-0.25, -0.2) is 29.9 Å². The van der Waals surface area contributed by atoms with Gasteiger partial charge >= 0.3 is 0 Å². The van der Waals surface area contributed by atoms with Crippen LogP contribution in [0.25, 0.3) is 34.6 Å². The van der Waals surface area contributed by atoms with Crippen LogP contribution in [0, 0.1) is 62.3 Å². The molecule has 168 valence electrons. The smallest absolute Gasteiger partial charge is 0.184 e. The van der Waals surface area contributed by atoms with E-state index >= 15 is 0 Å². The van der Waals surface area contributed by atoms with E-state index in [0.29, 0.717) is 34.6 Å². The predicted octanol–water partition coefficient (Wildman–Crippen LogP) is 4.02. The van der Waals surface area contributed by atoms with Crippen LogP contribution in [0.5, 0.6) is 0 Å². The van der Waals surface area contributed by atoms with E-state index in [-0.39, 0.29) is 0 Å². The predicted molar refractivity (Wildman–Crippen MR) is 126 cm³/mol. The first kappa shape index (κ1) is 22.4. The van der Waals surface area contributed by atoms with E-state index in [1.807, 2.05) is 62.3 Å². The first-order chi connectivity index (χ1) is 15.5. The zero-order valence-electron chi connectivity index (χ0n) is 20.5. The maximum atomic E-state index is 4.76. The molecule has 4 aromatic rings. The summed E-state index contributed by atoms with van der Waals surface area (Å²) in [5, 5.41) is 0. The summed E-state index contributed by atoms with van der Waals surface area (Å²) in [6.45, 7) is 17.3. The van der Waals surface area contributed by atoms with Crippen molar-refractivity contribution in [2.75, 3.05) is 0 Å². The van der Waals surface area contributed by atoms with Crippen LogP contribution in [0.1, 0.15) is 51.2 Å². The number of nitrogens with zero attached hydrogens (tertiary/aromatic N) is 9. The van der Waals surface area contributed by atoms with Crippen LogP contribution < -0.4 is 0 Å². The fraction of sp³-hybridized carbons (Fsp3) is 0.375. The molecular formula is C24H27N9. The topological polar surface area (TPSA) is 116 Å². The Morgan fingerprint density at radius 1 is 0.242 bits per heavy atom. The van der Waals surface area contributed by atoms with Crippen LogP contribution in [0.3, 0.4) is 0 Å². The Balaban J connectivity index is 2.04. The number of rotatable bonds is 3. The summed E-state index contributed by atoms with van der Waals surface area (Å²) in [4.78, 5) is 42.3. The Morgan fingerprint density at radius 3 is 0.697 bits per heavy atom. The molecule has 0 aromatic carbocycles. The molecule has 0 amide bonds. The van der Waals surface area contributed by atoms with Gasteiger partial charge in [0.05, 0.1) is 51.2 Å². The summed E-state index contributed by atoms with van der Waals surface area (Å²) < 4.78 is 0. The molecule has 0 aliphatic heterocycles. The lowest BCUT2D eigenvalue weighted by molar-refractivity contribution is 0.944. The van der Waals surface area contributed by atoms with E-state index in [2.05, 4.69) is 15.0 Å². The van der Waals surface area contributed by atoms with Gasteiger partial charge < -0.3 is 0 Å². The van der Waals surface area contributed by atoms with E-state index in [1.165, 1.54) is 0 Å². The SMILES string of the molecule is Cc1nc(C)c(-c2nc(-c3nc(C)c(C)nc3C)nc(-c3nc(C)c(C)nc3C)n2)nc1C. The van der Waals surface area contributed by atoms with Crippen molar-refractivity contribution in [2.45, 2.75) is 62.3 Å². The average molecular weight is 442 g/mol. The standard InChI is InChI=1S/C24H27N9/c1-10-13(4)28-19(16(7)25-10)22-31-23(20-17(8)26-11(2)14(5)29-20)33-24(32-22)21-18(9)27-12(3)15(6)30-21/h1-9H3. The molecule has 4 heterocycles. The van der Waals surface area contributed by atoms with Gasteiger partial charge in [0.2, 0.25) is 0 Å². The lowest BCUT2D eigenvalue weighted by Crippen LogP contribution is -2.09. The minimum Gasteiger partial charge on any atom is -0.254 e. The lowest BCUT2D eigenvalue weighted by Gasteiger charge is -2.13. The highest BCUT2D eigenvalue weighted by molar-refractivity contribution is 5.64. The minimum absolute atomic E-state index is 0.418. The summed E-state index contributed by atoms with van der Waals surface area (Å²) in [6, 6.07) is 0. The normalized spacial score (nSPS) is 11.2. The maximum Gasteiger partial charge on any atom is 0.184 e. The number of aromatic nitrogens is 9. The molecule has 0 atom stereocenters. The molecule has 0 saturated carbocycles. The molecule has 0 spiro atoms. The largest absolute Gasteiger partial charge is 0.254 e. The molecule has 0 aliphatic rings. The Labute approximate surface area is 193 Å². The fourth-order valence-corrected chi connectivity index (χ4v) is 3.47.